The van der Waals surface area contributed by atoms with E-state index < -0.39 is 12.0 Å². The van der Waals surface area contributed by atoms with Crippen molar-refractivity contribution in [1.29, 1.82) is 0 Å². The van der Waals surface area contributed by atoms with Gasteiger partial charge in [-0.25, -0.2) is 9.79 Å². The van der Waals surface area contributed by atoms with Crippen LogP contribution in [0.2, 0.25) is 0 Å². The van der Waals surface area contributed by atoms with Gasteiger partial charge < -0.3 is 18.9 Å². The number of fused-ring (bicyclic) bond motifs is 1. The molecule has 0 radical (unpaired) electrons. The molecule has 8 nitrogen and oxygen atoms in total. The van der Waals surface area contributed by atoms with Gasteiger partial charge in [0, 0.05) is 0 Å². The molecule has 0 fully saturated rings. The molecule has 0 amide bonds. The lowest BCUT2D eigenvalue weighted by molar-refractivity contribution is -0.139. The summed E-state index contributed by atoms with van der Waals surface area (Å²) >= 11 is 1.26. The zero-order valence-corrected chi connectivity index (χ0v) is 22.0. The Morgan fingerprint density at radius 3 is 2.51 bits per heavy atom. The predicted octanol–water partition coefficient (Wildman–Crippen LogP) is 3.38. The number of allylic oxidation sites excluding steroid dienone is 1. The van der Waals surface area contributed by atoms with Crippen LogP contribution in [0.25, 0.3) is 6.08 Å². The summed E-state index contributed by atoms with van der Waals surface area (Å²) in [7, 11) is 3.13. The number of carbonyl (C=O) groups is 1. The van der Waals surface area contributed by atoms with Crippen LogP contribution in [0.5, 0.6) is 17.2 Å². The fourth-order valence-electron chi connectivity index (χ4n) is 4.10. The second-order valence-electron chi connectivity index (χ2n) is 8.09. The minimum Gasteiger partial charge on any atom is -0.493 e. The Balaban J connectivity index is 1.87. The molecule has 1 atom stereocenters. The number of thiazole rings is 1. The fraction of sp³-hybridized carbons (Fsp3) is 0.250. The van der Waals surface area contributed by atoms with Crippen LogP contribution >= 0.6 is 11.3 Å². The van der Waals surface area contributed by atoms with Crippen molar-refractivity contribution in [2.45, 2.75) is 19.9 Å². The number of aromatic nitrogens is 1. The smallest absolute Gasteiger partial charge is 0.338 e. The van der Waals surface area contributed by atoms with Gasteiger partial charge in [0.15, 0.2) is 16.3 Å². The molecule has 192 valence electrons. The molecule has 37 heavy (non-hydrogen) atoms. The lowest BCUT2D eigenvalue weighted by Gasteiger charge is -2.24. The Kier molecular flexibility index (Phi) is 7.93. The first-order chi connectivity index (χ1) is 17.9. The molecule has 2 heterocycles. The van der Waals surface area contributed by atoms with E-state index in [9.17, 15) is 9.59 Å². The Morgan fingerprint density at radius 1 is 1.14 bits per heavy atom. The van der Waals surface area contributed by atoms with Gasteiger partial charge in [-0.15, -0.1) is 0 Å². The summed E-state index contributed by atoms with van der Waals surface area (Å²) in [4.78, 5) is 31.9. The number of hydrogen-bond donors (Lipinski definition) is 0. The molecule has 1 unspecified atom stereocenters. The Hall–Kier alpha value is -4.11. The summed E-state index contributed by atoms with van der Waals surface area (Å²) in [5.41, 5.74) is 2.08. The molecule has 1 aliphatic rings. The monoisotopic (exact) mass is 520 g/mol. The van der Waals surface area contributed by atoms with Crippen molar-refractivity contribution < 1.29 is 23.7 Å². The number of nitrogens with zero attached hydrogens (tertiary/aromatic N) is 2. The summed E-state index contributed by atoms with van der Waals surface area (Å²) in [6.07, 6.45) is 3.44. The van der Waals surface area contributed by atoms with Crippen LogP contribution in [-0.2, 0) is 9.53 Å². The van der Waals surface area contributed by atoms with E-state index >= 15 is 0 Å². The molecule has 0 bridgehead atoms. The van der Waals surface area contributed by atoms with Crippen molar-refractivity contribution in [1.82, 2.24) is 4.57 Å². The average Bonchev–Trinajstić information content (AvgIpc) is 3.21. The molecule has 0 N–H and O–H groups in total. The second kappa shape index (κ2) is 11.3. The molecule has 3 aromatic rings. The van der Waals surface area contributed by atoms with Gasteiger partial charge in [-0.05, 0) is 55.3 Å². The third kappa shape index (κ3) is 5.22. The molecule has 0 saturated carbocycles. The van der Waals surface area contributed by atoms with Gasteiger partial charge in [0.25, 0.3) is 5.56 Å². The van der Waals surface area contributed by atoms with E-state index in [2.05, 4.69) is 11.6 Å². The summed E-state index contributed by atoms with van der Waals surface area (Å²) < 4.78 is 23.7. The van der Waals surface area contributed by atoms with Crippen LogP contribution in [0.3, 0.4) is 0 Å². The minimum absolute atomic E-state index is 0.209. The summed E-state index contributed by atoms with van der Waals surface area (Å²) in [6.45, 7) is 7.74. The highest BCUT2D eigenvalue weighted by Gasteiger charge is 2.33. The maximum atomic E-state index is 13.7. The van der Waals surface area contributed by atoms with Crippen molar-refractivity contribution in [2.75, 3.05) is 27.4 Å². The van der Waals surface area contributed by atoms with E-state index in [-0.39, 0.29) is 12.2 Å². The van der Waals surface area contributed by atoms with Crippen molar-refractivity contribution >= 4 is 23.4 Å². The fourth-order valence-corrected chi connectivity index (χ4v) is 5.15. The van der Waals surface area contributed by atoms with Crippen LogP contribution in [0.1, 0.15) is 31.0 Å². The highest BCUT2D eigenvalue weighted by Crippen LogP contribution is 2.32. The predicted molar refractivity (Wildman–Crippen MR) is 142 cm³/mol. The molecule has 9 heteroatoms. The van der Waals surface area contributed by atoms with E-state index in [0.29, 0.717) is 44.5 Å². The lowest BCUT2D eigenvalue weighted by Crippen LogP contribution is -2.39. The SMILES string of the molecule is C=CCOc1ccc(C2C(C(=O)OCC)=C(C)N=c3s/c(=C/c4ccc(OC)c(OC)c4)c(=O)n32)cc1. The van der Waals surface area contributed by atoms with Crippen LogP contribution in [-0.4, -0.2) is 38.0 Å². The van der Waals surface area contributed by atoms with Gasteiger partial charge in [-0.1, -0.05) is 42.2 Å². The van der Waals surface area contributed by atoms with Crippen molar-refractivity contribution in [3.05, 3.63) is 97.2 Å². The third-order valence-corrected chi connectivity index (χ3v) is 6.77. The van der Waals surface area contributed by atoms with Gasteiger partial charge in [0.1, 0.15) is 12.4 Å². The first kappa shape index (κ1) is 26.0. The Morgan fingerprint density at radius 2 is 1.86 bits per heavy atom. The van der Waals surface area contributed by atoms with Gasteiger partial charge in [0.05, 0.1) is 42.7 Å². The van der Waals surface area contributed by atoms with Crippen molar-refractivity contribution in [3.8, 4) is 17.2 Å². The van der Waals surface area contributed by atoms with Crippen molar-refractivity contribution in [3.63, 3.8) is 0 Å². The number of ether oxygens (including phenoxy) is 4. The average molecular weight is 521 g/mol. The van der Waals surface area contributed by atoms with Crippen LogP contribution in [0, 0.1) is 0 Å². The van der Waals surface area contributed by atoms with Gasteiger partial charge in [-0.3, -0.25) is 9.36 Å². The van der Waals surface area contributed by atoms with Crippen LogP contribution in [0.15, 0.2) is 76.2 Å². The number of methoxy groups -OCH3 is 2. The molecular weight excluding hydrogens is 492 g/mol. The molecule has 0 spiro atoms. The molecule has 0 aliphatic carbocycles. The maximum Gasteiger partial charge on any atom is 0.338 e. The first-order valence-electron chi connectivity index (χ1n) is 11.7. The molecule has 2 aromatic carbocycles. The maximum absolute atomic E-state index is 13.7. The normalized spacial score (nSPS) is 15.0. The molecular formula is C28H28N2O6S. The van der Waals surface area contributed by atoms with Crippen LogP contribution in [0.4, 0.5) is 0 Å². The van der Waals surface area contributed by atoms with E-state index in [4.69, 9.17) is 18.9 Å². The first-order valence-corrected chi connectivity index (χ1v) is 12.5. The molecule has 1 aromatic heterocycles. The molecule has 1 aliphatic heterocycles. The number of hydrogen-bond acceptors (Lipinski definition) is 8. The van der Waals surface area contributed by atoms with Gasteiger partial charge in [-0.2, -0.15) is 0 Å². The van der Waals surface area contributed by atoms with Crippen LogP contribution < -0.4 is 29.1 Å². The number of esters is 1. The highest BCUT2D eigenvalue weighted by atomic mass is 32.1. The molecule has 0 saturated heterocycles. The molecule has 4 rings (SSSR count). The minimum atomic E-state index is -0.698. The zero-order chi connectivity index (χ0) is 26.5. The topological polar surface area (TPSA) is 88.4 Å². The van der Waals surface area contributed by atoms with Gasteiger partial charge in [0.2, 0.25) is 0 Å². The van der Waals surface area contributed by atoms with Crippen molar-refractivity contribution in [2.24, 2.45) is 4.99 Å². The lowest BCUT2D eigenvalue weighted by atomic mass is 9.96. The number of benzene rings is 2. The van der Waals surface area contributed by atoms with Gasteiger partial charge >= 0.3 is 5.97 Å². The van der Waals surface area contributed by atoms with E-state index in [1.54, 1.807) is 69.1 Å². The summed E-state index contributed by atoms with van der Waals surface area (Å²) in [5, 5.41) is 0. The van der Waals surface area contributed by atoms with E-state index in [1.807, 2.05) is 18.2 Å². The van der Waals surface area contributed by atoms with E-state index in [0.717, 1.165) is 11.1 Å². The second-order valence-corrected chi connectivity index (χ2v) is 9.09. The Labute approximate surface area is 218 Å². The largest absolute Gasteiger partial charge is 0.493 e. The standard InChI is InChI=1S/C28H28N2O6S/c1-6-14-36-20-11-9-19(10-12-20)25-24(27(32)35-7-2)17(3)29-28-30(25)26(31)23(37-28)16-18-8-13-21(33-4)22(15-18)34-5/h6,8-13,15-16,25H,1,7,14H2,2-5H3/b23-16+. The highest BCUT2D eigenvalue weighted by molar-refractivity contribution is 7.07. The number of rotatable bonds is 9. The quantitative estimate of drug-likeness (QED) is 0.318. The summed E-state index contributed by atoms with van der Waals surface area (Å²) in [5.74, 6) is 1.30. The Bertz CT molecular complexity index is 1530. The summed E-state index contributed by atoms with van der Waals surface area (Å²) in [6, 6.07) is 12.0. The van der Waals surface area contributed by atoms with E-state index in [1.165, 1.54) is 11.3 Å². The zero-order valence-electron chi connectivity index (χ0n) is 21.1. The number of carbonyl (C=O) groups excluding carboxylic acids is 1. The third-order valence-electron chi connectivity index (χ3n) is 5.79.